The Labute approximate surface area is 118 Å². The Morgan fingerprint density at radius 1 is 1.35 bits per heavy atom. The van der Waals surface area contributed by atoms with Crippen molar-refractivity contribution in [2.75, 3.05) is 20.2 Å². The molecule has 0 aromatic heterocycles. The molecule has 4 heteroatoms. The first-order valence-corrected chi connectivity index (χ1v) is 6.62. The molecule has 96 valence electrons. The van der Waals surface area contributed by atoms with Crippen molar-refractivity contribution in [1.29, 1.82) is 0 Å². The largest absolute Gasteiger partial charge is 0.497 e. The van der Waals surface area contributed by atoms with E-state index in [1.54, 1.807) is 7.11 Å². The molecule has 0 atom stereocenters. The van der Waals surface area contributed by atoms with Crippen molar-refractivity contribution in [3.63, 3.8) is 0 Å². The zero-order valence-corrected chi connectivity index (χ0v) is 12.4. The van der Waals surface area contributed by atoms with E-state index in [4.69, 9.17) is 4.74 Å². The lowest BCUT2D eigenvalue weighted by molar-refractivity contribution is 0.371. The van der Waals surface area contributed by atoms with E-state index in [2.05, 4.69) is 33.4 Å². The summed E-state index contributed by atoms with van der Waals surface area (Å²) in [5.74, 6) is 1.76. The highest BCUT2D eigenvalue weighted by atomic mass is 79.9. The van der Waals surface area contributed by atoms with E-state index in [9.17, 15) is 0 Å². The van der Waals surface area contributed by atoms with E-state index in [0.29, 0.717) is 0 Å². The highest BCUT2D eigenvalue weighted by Gasteiger charge is 2.15. The van der Waals surface area contributed by atoms with Crippen molar-refractivity contribution in [3.8, 4) is 5.75 Å². The van der Waals surface area contributed by atoms with Crippen LogP contribution in [0.1, 0.15) is 18.4 Å². The van der Waals surface area contributed by atoms with Crippen LogP contribution in [0.3, 0.4) is 0 Å². The quantitative estimate of drug-likeness (QED) is 0.921. The third-order valence-corrected chi connectivity index (χ3v) is 3.99. The normalized spacial score (nSPS) is 16.4. The number of methoxy groups -OCH3 is 1. The van der Waals surface area contributed by atoms with Gasteiger partial charge in [0.25, 0.3) is 0 Å². The number of hydrogen-bond acceptors (Lipinski definition) is 2. The second-order valence-electron chi connectivity index (χ2n) is 4.35. The van der Waals surface area contributed by atoms with Crippen LogP contribution in [0.4, 0.5) is 0 Å². The summed E-state index contributed by atoms with van der Waals surface area (Å²) < 4.78 is 6.47. The van der Waals surface area contributed by atoms with Crippen LogP contribution in [0.2, 0.25) is 0 Å². The Bertz CT molecular complexity index is 353. The third kappa shape index (κ3) is 4.16. The average Bonchev–Trinajstić information content (AvgIpc) is 2.33. The Morgan fingerprint density at radius 2 is 2.06 bits per heavy atom. The highest BCUT2D eigenvalue weighted by Crippen LogP contribution is 2.27. The van der Waals surface area contributed by atoms with Crippen molar-refractivity contribution in [1.82, 2.24) is 5.32 Å². The fourth-order valence-electron chi connectivity index (χ4n) is 2.23. The molecule has 1 aromatic carbocycles. The molecule has 1 heterocycles. The molecule has 2 rings (SSSR count). The van der Waals surface area contributed by atoms with Gasteiger partial charge in [0.1, 0.15) is 5.75 Å². The van der Waals surface area contributed by atoms with Crippen LogP contribution in [0, 0.1) is 5.92 Å². The molecular formula is C13H19BrClNO. The molecular weight excluding hydrogens is 302 g/mol. The SMILES string of the molecule is COc1ccc(Br)c(CC2CCNCC2)c1.Cl. The summed E-state index contributed by atoms with van der Waals surface area (Å²) in [6.07, 6.45) is 3.72. The van der Waals surface area contributed by atoms with Gasteiger partial charge in [-0.1, -0.05) is 15.9 Å². The molecule has 0 spiro atoms. The van der Waals surface area contributed by atoms with E-state index in [-0.39, 0.29) is 12.4 Å². The number of piperidine rings is 1. The second-order valence-corrected chi connectivity index (χ2v) is 5.21. The topological polar surface area (TPSA) is 21.3 Å². The lowest BCUT2D eigenvalue weighted by Gasteiger charge is -2.23. The summed E-state index contributed by atoms with van der Waals surface area (Å²) in [5.41, 5.74) is 1.37. The van der Waals surface area contributed by atoms with Gasteiger partial charge < -0.3 is 10.1 Å². The summed E-state index contributed by atoms with van der Waals surface area (Å²) in [4.78, 5) is 0. The van der Waals surface area contributed by atoms with Crippen LogP contribution in [-0.4, -0.2) is 20.2 Å². The first-order valence-electron chi connectivity index (χ1n) is 5.82. The van der Waals surface area contributed by atoms with E-state index in [1.165, 1.54) is 22.9 Å². The van der Waals surface area contributed by atoms with Crippen LogP contribution >= 0.6 is 28.3 Å². The molecule has 1 aliphatic heterocycles. The number of benzene rings is 1. The van der Waals surface area contributed by atoms with Gasteiger partial charge in [0.15, 0.2) is 0 Å². The third-order valence-electron chi connectivity index (χ3n) is 3.22. The van der Waals surface area contributed by atoms with Crippen molar-refractivity contribution in [2.24, 2.45) is 5.92 Å². The van der Waals surface area contributed by atoms with Gasteiger partial charge in [-0.2, -0.15) is 0 Å². The van der Waals surface area contributed by atoms with Crippen LogP contribution < -0.4 is 10.1 Å². The lowest BCUT2D eigenvalue weighted by Crippen LogP contribution is -2.28. The standard InChI is InChI=1S/C13H18BrNO.ClH/c1-16-12-2-3-13(14)11(9-12)8-10-4-6-15-7-5-10;/h2-3,9-10,15H,4-8H2,1H3;1H. The van der Waals surface area contributed by atoms with Crippen molar-refractivity contribution < 1.29 is 4.74 Å². The van der Waals surface area contributed by atoms with Crippen molar-refractivity contribution in [3.05, 3.63) is 28.2 Å². The van der Waals surface area contributed by atoms with Gasteiger partial charge in [0.05, 0.1) is 7.11 Å². The number of hydrogen-bond donors (Lipinski definition) is 1. The molecule has 1 N–H and O–H groups in total. The molecule has 0 amide bonds. The predicted molar refractivity (Wildman–Crippen MR) is 77.2 cm³/mol. The molecule has 0 aliphatic carbocycles. The molecule has 1 saturated heterocycles. The maximum atomic E-state index is 5.27. The zero-order chi connectivity index (χ0) is 11.4. The first-order chi connectivity index (χ1) is 7.79. The molecule has 2 nitrogen and oxygen atoms in total. The first kappa shape index (κ1) is 14.8. The minimum absolute atomic E-state index is 0. The maximum Gasteiger partial charge on any atom is 0.119 e. The van der Waals surface area contributed by atoms with Crippen LogP contribution in [0.15, 0.2) is 22.7 Å². The Hall–Kier alpha value is -0.250. The molecule has 0 bridgehead atoms. The molecule has 1 aliphatic rings. The van der Waals surface area contributed by atoms with Crippen LogP contribution in [0.25, 0.3) is 0 Å². The summed E-state index contributed by atoms with van der Waals surface area (Å²) in [7, 11) is 1.72. The van der Waals surface area contributed by atoms with Gasteiger partial charge in [0, 0.05) is 4.47 Å². The summed E-state index contributed by atoms with van der Waals surface area (Å²) in [5, 5.41) is 3.40. The van der Waals surface area contributed by atoms with E-state index < -0.39 is 0 Å². The summed E-state index contributed by atoms with van der Waals surface area (Å²) in [6.45, 7) is 2.32. The maximum absolute atomic E-state index is 5.27. The fraction of sp³-hybridized carbons (Fsp3) is 0.538. The van der Waals surface area contributed by atoms with Crippen LogP contribution in [0.5, 0.6) is 5.75 Å². The minimum Gasteiger partial charge on any atom is -0.497 e. The number of halogens is 2. The van der Waals surface area contributed by atoms with Gasteiger partial charge in [-0.25, -0.2) is 0 Å². The average molecular weight is 321 g/mol. The lowest BCUT2D eigenvalue weighted by atomic mass is 9.91. The van der Waals surface area contributed by atoms with E-state index in [0.717, 1.165) is 31.2 Å². The van der Waals surface area contributed by atoms with Gasteiger partial charge >= 0.3 is 0 Å². The van der Waals surface area contributed by atoms with Crippen LogP contribution in [-0.2, 0) is 6.42 Å². The Morgan fingerprint density at radius 3 is 2.71 bits per heavy atom. The molecule has 17 heavy (non-hydrogen) atoms. The van der Waals surface area contributed by atoms with Gasteiger partial charge in [-0.3, -0.25) is 0 Å². The smallest absolute Gasteiger partial charge is 0.119 e. The molecule has 1 aromatic rings. The monoisotopic (exact) mass is 319 g/mol. The predicted octanol–water partition coefficient (Wildman–Crippen LogP) is 3.42. The van der Waals surface area contributed by atoms with Gasteiger partial charge in [0.2, 0.25) is 0 Å². The zero-order valence-electron chi connectivity index (χ0n) is 10.0. The van der Waals surface area contributed by atoms with E-state index >= 15 is 0 Å². The Balaban J connectivity index is 0.00000144. The Kier molecular flexibility index (Phi) is 6.31. The summed E-state index contributed by atoms with van der Waals surface area (Å²) in [6, 6.07) is 6.22. The number of nitrogens with one attached hydrogen (secondary N) is 1. The van der Waals surface area contributed by atoms with Gasteiger partial charge in [-0.15, -0.1) is 12.4 Å². The van der Waals surface area contributed by atoms with Gasteiger partial charge in [-0.05, 0) is 62.0 Å². The van der Waals surface area contributed by atoms with E-state index in [1.807, 2.05) is 6.07 Å². The molecule has 0 unspecified atom stereocenters. The second kappa shape index (κ2) is 7.24. The minimum atomic E-state index is 0. The fourth-order valence-corrected chi connectivity index (χ4v) is 2.64. The molecule has 0 radical (unpaired) electrons. The summed E-state index contributed by atoms with van der Waals surface area (Å²) >= 11 is 3.62. The van der Waals surface area contributed by atoms with Crippen molar-refractivity contribution >= 4 is 28.3 Å². The molecule has 1 fully saturated rings. The number of ether oxygens (including phenoxy) is 1. The van der Waals surface area contributed by atoms with Crippen molar-refractivity contribution in [2.45, 2.75) is 19.3 Å². The highest BCUT2D eigenvalue weighted by molar-refractivity contribution is 9.10. The number of rotatable bonds is 3. The molecule has 0 saturated carbocycles.